The van der Waals surface area contributed by atoms with E-state index in [2.05, 4.69) is 35.7 Å². The van der Waals surface area contributed by atoms with E-state index in [1.807, 2.05) is 26.0 Å². The van der Waals surface area contributed by atoms with Gasteiger partial charge in [-0.15, -0.1) is 0 Å². The minimum atomic E-state index is -1.45. The van der Waals surface area contributed by atoms with Gasteiger partial charge < -0.3 is 14.7 Å². The van der Waals surface area contributed by atoms with Crippen LogP contribution in [0.4, 0.5) is 0 Å². The van der Waals surface area contributed by atoms with Crippen LogP contribution in [0.15, 0.2) is 61.3 Å². The van der Waals surface area contributed by atoms with Gasteiger partial charge in [0.1, 0.15) is 11.3 Å². The van der Waals surface area contributed by atoms with Crippen molar-refractivity contribution < 1.29 is 19.4 Å². The molecule has 8 heteroatoms. The average Bonchev–Trinajstić information content (AvgIpc) is 3.24. The van der Waals surface area contributed by atoms with Crippen LogP contribution in [0.1, 0.15) is 86.6 Å². The number of carbonyl (C=O) groups excluding carboxylic acids is 1. The van der Waals surface area contributed by atoms with E-state index in [1.165, 1.54) is 0 Å². The quantitative estimate of drug-likeness (QED) is 0.447. The number of carboxylic acid groups (broad SMARTS) is 1. The van der Waals surface area contributed by atoms with Crippen molar-refractivity contribution in [3.63, 3.8) is 0 Å². The zero-order valence-corrected chi connectivity index (χ0v) is 22.9. The molecule has 1 fully saturated rings. The molecule has 3 heterocycles. The summed E-state index contributed by atoms with van der Waals surface area (Å²) in [6.45, 7) is 10.2. The van der Waals surface area contributed by atoms with Gasteiger partial charge in [0, 0.05) is 42.5 Å². The number of rotatable bonds is 7. The van der Waals surface area contributed by atoms with Crippen molar-refractivity contribution in [1.29, 1.82) is 0 Å². The Labute approximate surface area is 224 Å². The molecule has 200 valence electrons. The van der Waals surface area contributed by atoms with Gasteiger partial charge in [0.05, 0.1) is 18.8 Å². The second kappa shape index (κ2) is 10.5. The lowest BCUT2D eigenvalue weighted by molar-refractivity contribution is -0.150. The largest absolute Gasteiger partial charge is 0.496 e. The van der Waals surface area contributed by atoms with Crippen LogP contribution < -0.4 is 4.74 Å². The van der Waals surface area contributed by atoms with Gasteiger partial charge in [-0.1, -0.05) is 46.8 Å². The second-order valence-corrected chi connectivity index (χ2v) is 11.4. The number of nitrogens with zero attached hydrogens (tertiary/aromatic N) is 4. The van der Waals surface area contributed by atoms with Gasteiger partial charge in [-0.3, -0.25) is 19.7 Å². The van der Waals surface area contributed by atoms with E-state index in [1.54, 1.807) is 61.2 Å². The first kappa shape index (κ1) is 27.2. The fraction of sp³-hybridized carbons (Fsp3) is 0.433. The van der Waals surface area contributed by atoms with Crippen LogP contribution in [0.3, 0.4) is 0 Å². The van der Waals surface area contributed by atoms with E-state index in [9.17, 15) is 14.7 Å². The number of hydrogen-bond donors (Lipinski definition) is 1. The highest BCUT2D eigenvalue weighted by atomic mass is 16.5. The van der Waals surface area contributed by atoms with Crippen LogP contribution in [0.25, 0.3) is 0 Å². The number of carbonyl (C=O) groups is 2. The number of amides is 1. The predicted molar refractivity (Wildman–Crippen MR) is 144 cm³/mol. The Balaban J connectivity index is 1.95. The summed E-state index contributed by atoms with van der Waals surface area (Å²) in [5.74, 6) is -1.17. The van der Waals surface area contributed by atoms with Crippen molar-refractivity contribution in [2.24, 2.45) is 5.92 Å². The minimum absolute atomic E-state index is 0.0226. The second-order valence-electron chi connectivity index (χ2n) is 11.4. The SMILES string of the molecule is COc1cc(C(=O)N2[C@@H](c3cccnc3)[C@@H](c3cnccn3)C[C@@]2(CC(C)C)C(=O)O)ccc1C(C)(C)C. The summed E-state index contributed by atoms with van der Waals surface area (Å²) in [7, 11) is 1.58. The molecular weight excluding hydrogens is 480 g/mol. The number of carboxylic acids is 1. The molecule has 4 rings (SSSR count). The molecule has 0 spiro atoms. The Morgan fingerprint density at radius 3 is 2.42 bits per heavy atom. The monoisotopic (exact) mass is 516 g/mol. The molecule has 1 saturated heterocycles. The van der Waals surface area contributed by atoms with Crippen molar-refractivity contribution in [2.45, 2.75) is 70.4 Å². The maximum Gasteiger partial charge on any atom is 0.329 e. The number of ether oxygens (including phenoxy) is 1. The van der Waals surface area contributed by atoms with Gasteiger partial charge in [0.2, 0.25) is 0 Å². The van der Waals surface area contributed by atoms with Crippen molar-refractivity contribution in [2.75, 3.05) is 7.11 Å². The van der Waals surface area contributed by atoms with Gasteiger partial charge in [-0.25, -0.2) is 4.79 Å². The van der Waals surface area contributed by atoms with Gasteiger partial charge in [0.15, 0.2) is 0 Å². The lowest BCUT2D eigenvalue weighted by Crippen LogP contribution is -2.54. The lowest BCUT2D eigenvalue weighted by atomic mass is 9.82. The Kier molecular flexibility index (Phi) is 7.54. The van der Waals surface area contributed by atoms with Crippen molar-refractivity contribution >= 4 is 11.9 Å². The number of hydrogen-bond acceptors (Lipinski definition) is 6. The van der Waals surface area contributed by atoms with Crippen molar-refractivity contribution in [3.8, 4) is 5.75 Å². The van der Waals surface area contributed by atoms with E-state index in [4.69, 9.17) is 4.74 Å². The van der Waals surface area contributed by atoms with Gasteiger partial charge in [-0.2, -0.15) is 0 Å². The molecule has 0 radical (unpaired) electrons. The zero-order valence-electron chi connectivity index (χ0n) is 22.9. The maximum absolute atomic E-state index is 14.5. The van der Waals surface area contributed by atoms with Crippen molar-refractivity contribution in [3.05, 3.63) is 83.7 Å². The van der Waals surface area contributed by atoms with Crippen LogP contribution in [-0.4, -0.2) is 49.5 Å². The minimum Gasteiger partial charge on any atom is -0.496 e. The van der Waals surface area contributed by atoms with E-state index < -0.39 is 17.6 Å². The van der Waals surface area contributed by atoms with E-state index in [-0.39, 0.29) is 29.6 Å². The van der Waals surface area contributed by atoms with E-state index >= 15 is 0 Å². The molecule has 0 bridgehead atoms. The summed E-state index contributed by atoms with van der Waals surface area (Å²) in [4.78, 5) is 42.3. The van der Waals surface area contributed by atoms with Gasteiger partial charge >= 0.3 is 5.97 Å². The van der Waals surface area contributed by atoms with Crippen molar-refractivity contribution in [1.82, 2.24) is 19.9 Å². The summed E-state index contributed by atoms with van der Waals surface area (Å²) in [6, 6.07) is 8.47. The first-order valence-corrected chi connectivity index (χ1v) is 12.9. The highest BCUT2D eigenvalue weighted by Crippen LogP contribution is 2.54. The van der Waals surface area contributed by atoms with Crippen LogP contribution in [0.2, 0.25) is 0 Å². The Hall–Kier alpha value is -3.81. The molecule has 1 N–H and O–H groups in total. The molecule has 0 aliphatic carbocycles. The third kappa shape index (κ3) is 4.99. The lowest BCUT2D eigenvalue weighted by Gasteiger charge is -2.39. The van der Waals surface area contributed by atoms with Crippen LogP contribution in [-0.2, 0) is 10.2 Å². The first-order valence-electron chi connectivity index (χ1n) is 12.9. The molecule has 3 aromatic rings. The smallest absolute Gasteiger partial charge is 0.329 e. The normalized spacial score (nSPS) is 21.5. The number of aromatic nitrogens is 3. The number of likely N-dealkylation sites (tertiary alicyclic amines) is 1. The number of aliphatic carboxylic acids is 1. The molecular formula is C30H36N4O4. The molecule has 1 aliphatic rings. The van der Waals surface area contributed by atoms with E-state index in [0.717, 1.165) is 11.1 Å². The third-order valence-electron chi connectivity index (χ3n) is 7.29. The summed E-state index contributed by atoms with van der Waals surface area (Å²) < 4.78 is 5.68. The molecule has 1 aliphatic heterocycles. The maximum atomic E-state index is 14.5. The summed E-state index contributed by atoms with van der Waals surface area (Å²) >= 11 is 0. The average molecular weight is 517 g/mol. The summed E-state index contributed by atoms with van der Waals surface area (Å²) in [5.41, 5.74) is 1.08. The Bertz CT molecular complexity index is 1290. The number of benzene rings is 1. The first-order chi connectivity index (χ1) is 18.0. The Morgan fingerprint density at radius 1 is 1.13 bits per heavy atom. The molecule has 2 aromatic heterocycles. The number of methoxy groups -OCH3 is 1. The van der Waals surface area contributed by atoms with E-state index in [0.29, 0.717) is 23.4 Å². The third-order valence-corrected chi connectivity index (χ3v) is 7.29. The van der Waals surface area contributed by atoms with Crippen LogP contribution >= 0.6 is 0 Å². The topological polar surface area (TPSA) is 106 Å². The molecule has 8 nitrogen and oxygen atoms in total. The molecule has 0 saturated carbocycles. The van der Waals surface area contributed by atoms with Crippen LogP contribution in [0.5, 0.6) is 5.75 Å². The molecule has 0 unspecified atom stereocenters. The fourth-order valence-electron chi connectivity index (χ4n) is 5.76. The van der Waals surface area contributed by atoms with Gasteiger partial charge in [0.25, 0.3) is 5.91 Å². The highest BCUT2D eigenvalue weighted by molar-refractivity contribution is 5.99. The van der Waals surface area contributed by atoms with Crippen LogP contribution in [0, 0.1) is 5.92 Å². The highest BCUT2D eigenvalue weighted by Gasteiger charge is 2.59. The summed E-state index contributed by atoms with van der Waals surface area (Å²) in [6.07, 6.45) is 8.70. The number of pyridine rings is 1. The zero-order chi connectivity index (χ0) is 27.7. The van der Waals surface area contributed by atoms with Gasteiger partial charge in [-0.05, 0) is 53.5 Å². The molecule has 1 amide bonds. The Morgan fingerprint density at radius 2 is 1.87 bits per heavy atom. The summed E-state index contributed by atoms with van der Waals surface area (Å²) in [5, 5.41) is 10.8. The molecule has 3 atom stereocenters. The predicted octanol–water partition coefficient (Wildman–Crippen LogP) is 5.42. The molecule has 38 heavy (non-hydrogen) atoms. The molecule has 1 aromatic carbocycles. The standard InChI is InChI=1S/C30H36N4O4/c1-19(2)15-30(28(36)37)16-22(24-18-32-12-13-33-24)26(21-8-7-11-31-17-21)34(30)27(35)20-9-10-23(29(3,4)5)25(14-20)38-6/h7-14,17-19,22,26H,15-16H2,1-6H3,(H,36,37)/t22-,26+,30+/m1/s1. The fourth-order valence-corrected chi connectivity index (χ4v) is 5.76.